The first-order valence-electron chi connectivity index (χ1n) is 3.66. The van der Waals surface area contributed by atoms with Crippen molar-refractivity contribution in [3.05, 3.63) is 35.8 Å². The average Bonchev–Trinajstić information content (AvgIpc) is 1.87. The minimum absolute atomic E-state index is 0.595. The summed E-state index contributed by atoms with van der Waals surface area (Å²) in [5, 5.41) is 0. The molecule has 0 aliphatic rings. The van der Waals surface area contributed by atoms with Crippen LogP contribution in [-0.4, -0.2) is 18.8 Å². The molecule has 64 valence electrons. The fourth-order valence-electron chi connectivity index (χ4n) is 0.713. The van der Waals surface area contributed by atoms with Crippen LogP contribution in [0.1, 0.15) is 6.92 Å². The SMILES string of the molecule is C=C/C(=C\C=C/C)S(C)(C)C. The molecule has 0 fully saturated rings. The van der Waals surface area contributed by atoms with Crippen LogP contribution in [0.2, 0.25) is 0 Å². The molecular formula is C10H18S. The fraction of sp³-hybridized carbons (Fsp3) is 0.400. The molecule has 0 aromatic rings. The van der Waals surface area contributed by atoms with Gasteiger partial charge in [0.15, 0.2) is 0 Å². The minimum Gasteiger partial charge on any atom is -0.223 e. The fourth-order valence-corrected chi connectivity index (χ4v) is 1.70. The van der Waals surface area contributed by atoms with Gasteiger partial charge in [0.1, 0.15) is 0 Å². The smallest absolute Gasteiger partial charge is 0.0112 e. The zero-order valence-corrected chi connectivity index (χ0v) is 8.74. The lowest BCUT2D eigenvalue weighted by Gasteiger charge is -2.26. The first-order valence-corrected chi connectivity index (χ1v) is 6.52. The van der Waals surface area contributed by atoms with E-state index in [9.17, 15) is 0 Å². The van der Waals surface area contributed by atoms with Crippen molar-refractivity contribution in [2.45, 2.75) is 6.92 Å². The first kappa shape index (κ1) is 10.6. The Morgan fingerprint density at radius 3 is 2.09 bits per heavy atom. The zero-order valence-electron chi connectivity index (χ0n) is 7.92. The molecule has 0 aliphatic heterocycles. The van der Waals surface area contributed by atoms with Crippen molar-refractivity contribution in [1.29, 1.82) is 0 Å². The Morgan fingerprint density at radius 2 is 1.82 bits per heavy atom. The number of hydrogen-bond donors (Lipinski definition) is 0. The van der Waals surface area contributed by atoms with Crippen LogP contribution in [0.5, 0.6) is 0 Å². The predicted octanol–water partition coefficient (Wildman–Crippen LogP) is 3.33. The van der Waals surface area contributed by atoms with E-state index in [1.54, 1.807) is 0 Å². The van der Waals surface area contributed by atoms with Gasteiger partial charge in [-0.2, -0.15) is 0 Å². The maximum atomic E-state index is 3.80. The van der Waals surface area contributed by atoms with Gasteiger partial charge in [-0.25, -0.2) is 10.0 Å². The summed E-state index contributed by atoms with van der Waals surface area (Å²) in [6.07, 6.45) is 15.0. The summed E-state index contributed by atoms with van der Waals surface area (Å²) < 4.78 is 0. The van der Waals surface area contributed by atoms with Gasteiger partial charge in [0, 0.05) is 0 Å². The van der Waals surface area contributed by atoms with E-state index in [0.29, 0.717) is 0 Å². The molecule has 0 saturated heterocycles. The Kier molecular flexibility index (Phi) is 4.27. The van der Waals surface area contributed by atoms with Gasteiger partial charge in [-0.1, -0.05) is 30.9 Å². The maximum absolute atomic E-state index is 3.80. The van der Waals surface area contributed by atoms with Crippen molar-refractivity contribution >= 4 is 10.0 Å². The Balaban J connectivity index is 4.53. The number of hydrogen-bond acceptors (Lipinski definition) is 0. The summed E-state index contributed by atoms with van der Waals surface area (Å²) in [7, 11) is -0.595. The molecule has 11 heavy (non-hydrogen) atoms. The lowest BCUT2D eigenvalue weighted by atomic mass is 10.4. The second kappa shape index (κ2) is 4.45. The van der Waals surface area contributed by atoms with Gasteiger partial charge in [0.2, 0.25) is 0 Å². The Morgan fingerprint density at radius 1 is 1.27 bits per heavy atom. The van der Waals surface area contributed by atoms with E-state index in [1.165, 1.54) is 4.91 Å². The van der Waals surface area contributed by atoms with Crippen molar-refractivity contribution < 1.29 is 0 Å². The predicted molar refractivity (Wildman–Crippen MR) is 58.5 cm³/mol. The van der Waals surface area contributed by atoms with Gasteiger partial charge < -0.3 is 0 Å². The quantitative estimate of drug-likeness (QED) is 0.570. The highest BCUT2D eigenvalue weighted by Crippen LogP contribution is 2.44. The molecule has 0 aliphatic carbocycles. The summed E-state index contributed by atoms with van der Waals surface area (Å²) in [6, 6.07) is 0. The van der Waals surface area contributed by atoms with Crippen LogP contribution < -0.4 is 0 Å². The van der Waals surface area contributed by atoms with Crippen LogP contribution >= 0.6 is 10.0 Å². The second-order valence-electron chi connectivity index (χ2n) is 3.14. The summed E-state index contributed by atoms with van der Waals surface area (Å²) in [5.41, 5.74) is 0. The molecule has 0 nitrogen and oxygen atoms in total. The van der Waals surface area contributed by atoms with Crippen molar-refractivity contribution in [3.63, 3.8) is 0 Å². The third-order valence-electron chi connectivity index (χ3n) is 1.36. The van der Waals surface area contributed by atoms with Gasteiger partial charge in [-0.15, -0.1) is 0 Å². The van der Waals surface area contributed by atoms with Crippen LogP contribution in [0.25, 0.3) is 0 Å². The van der Waals surface area contributed by atoms with E-state index in [0.717, 1.165) is 0 Å². The molecule has 0 saturated carbocycles. The highest BCUT2D eigenvalue weighted by atomic mass is 32.3. The molecule has 0 unspecified atom stereocenters. The topological polar surface area (TPSA) is 0 Å². The third kappa shape index (κ3) is 4.10. The molecule has 0 atom stereocenters. The van der Waals surface area contributed by atoms with Gasteiger partial charge >= 0.3 is 0 Å². The lowest BCUT2D eigenvalue weighted by molar-refractivity contribution is 1.72. The Hall–Kier alpha value is -0.430. The van der Waals surface area contributed by atoms with Crippen LogP contribution in [0.4, 0.5) is 0 Å². The molecule has 0 rings (SSSR count). The van der Waals surface area contributed by atoms with Crippen LogP contribution in [0.15, 0.2) is 35.8 Å². The normalized spacial score (nSPS) is 15.5. The number of allylic oxidation sites excluding steroid dienone is 4. The molecule has 0 aromatic heterocycles. The summed E-state index contributed by atoms with van der Waals surface area (Å²) in [6.45, 7) is 5.82. The van der Waals surface area contributed by atoms with Gasteiger partial charge in [0.05, 0.1) is 0 Å². The molecule has 0 radical (unpaired) electrons. The van der Waals surface area contributed by atoms with Crippen LogP contribution in [-0.2, 0) is 0 Å². The van der Waals surface area contributed by atoms with Crippen molar-refractivity contribution in [2.24, 2.45) is 0 Å². The first-order chi connectivity index (χ1) is 5.02. The summed E-state index contributed by atoms with van der Waals surface area (Å²) >= 11 is 0. The molecule has 0 N–H and O–H groups in total. The summed E-state index contributed by atoms with van der Waals surface area (Å²) in [4.78, 5) is 1.36. The molecule has 0 spiro atoms. The van der Waals surface area contributed by atoms with E-state index < -0.39 is 10.0 Å². The molecule has 0 aromatic carbocycles. The zero-order chi connectivity index (χ0) is 8.91. The average molecular weight is 170 g/mol. The second-order valence-corrected chi connectivity index (χ2v) is 7.28. The maximum Gasteiger partial charge on any atom is -0.0112 e. The Labute approximate surface area is 72.0 Å². The molecular weight excluding hydrogens is 152 g/mol. The monoisotopic (exact) mass is 170 g/mol. The highest BCUT2D eigenvalue weighted by molar-refractivity contribution is 8.35. The molecule has 0 bridgehead atoms. The number of rotatable bonds is 3. The van der Waals surface area contributed by atoms with Crippen molar-refractivity contribution in [2.75, 3.05) is 18.8 Å². The standard InChI is InChI=1S/C10H18S/c1-6-8-9-10(7-2)11(3,4)5/h6-9H,2H2,1,3-5H3/b8-6-,10-9+. The Bertz CT molecular complexity index is 180. The van der Waals surface area contributed by atoms with Gasteiger partial charge in [0.25, 0.3) is 0 Å². The van der Waals surface area contributed by atoms with Gasteiger partial charge in [-0.05, 0) is 30.6 Å². The molecule has 1 heteroatoms. The van der Waals surface area contributed by atoms with Crippen LogP contribution in [0.3, 0.4) is 0 Å². The lowest BCUT2D eigenvalue weighted by Crippen LogP contribution is -1.92. The van der Waals surface area contributed by atoms with E-state index >= 15 is 0 Å². The van der Waals surface area contributed by atoms with Crippen molar-refractivity contribution in [3.8, 4) is 0 Å². The minimum atomic E-state index is -0.595. The van der Waals surface area contributed by atoms with E-state index in [2.05, 4.69) is 37.5 Å². The highest BCUT2D eigenvalue weighted by Gasteiger charge is 2.05. The van der Waals surface area contributed by atoms with Crippen molar-refractivity contribution in [1.82, 2.24) is 0 Å². The molecule has 0 heterocycles. The van der Waals surface area contributed by atoms with Gasteiger partial charge in [-0.3, -0.25) is 0 Å². The van der Waals surface area contributed by atoms with E-state index in [-0.39, 0.29) is 0 Å². The molecule has 0 amide bonds. The van der Waals surface area contributed by atoms with Crippen LogP contribution in [0, 0.1) is 0 Å². The van der Waals surface area contributed by atoms with E-state index in [1.807, 2.05) is 19.1 Å². The summed E-state index contributed by atoms with van der Waals surface area (Å²) in [5.74, 6) is 0. The third-order valence-corrected chi connectivity index (χ3v) is 3.08. The van der Waals surface area contributed by atoms with E-state index in [4.69, 9.17) is 0 Å². The largest absolute Gasteiger partial charge is 0.223 e.